The lowest BCUT2D eigenvalue weighted by atomic mass is 9.79. The van der Waals surface area contributed by atoms with Gasteiger partial charge < -0.3 is 20.7 Å². The summed E-state index contributed by atoms with van der Waals surface area (Å²) in [6.45, 7) is 6.43. The van der Waals surface area contributed by atoms with Crippen LogP contribution in [0.25, 0.3) is 0 Å². The molecule has 0 aromatic heterocycles. The number of nitrogens with two attached hydrogens (primary N) is 1. The van der Waals surface area contributed by atoms with Crippen molar-refractivity contribution in [3.63, 3.8) is 0 Å². The highest BCUT2D eigenvalue weighted by Crippen LogP contribution is 2.27. The number of benzene rings is 2. The van der Waals surface area contributed by atoms with E-state index in [2.05, 4.69) is 17.2 Å². The van der Waals surface area contributed by atoms with Gasteiger partial charge in [-0.2, -0.15) is 0 Å². The van der Waals surface area contributed by atoms with Crippen LogP contribution in [0.15, 0.2) is 42.5 Å². The summed E-state index contributed by atoms with van der Waals surface area (Å²) < 4.78 is 5.05. The second-order valence-corrected chi connectivity index (χ2v) is 9.16. The summed E-state index contributed by atoms with van der Waals surface area (Å²) in [5.41, 5.74) is 8.27. The van der Waals surface area contributed by atoms with Gasteiger partial charge in [-0.25, -0.2) is 4.79 Å². The maximum atomic E-state index is 11.7. The molecule has 0 aliphatic carbocycles. The Morgan fingerprint density at radius 1 is 1.21 bits per heavy atom. The maximum absolute atomic E-state index is 11.7. The summed E-state index contributed by atoms with van der Waals surface area (Å²) in [7, 11) is 3.40. The van der Waals surface area contributed by atoms with Crippen molar-refractivity contribution in [3.8, 4) is 17.6 Å². The molecule has 0 radical (unpaired) electrons. The Morgan fingerprint density at radius 2 is 1.89 bits per heavy atom. The highest BCUT2D eigenvalue weighted by molar-refractivity contribution is 5.98. The van der Waals surface area contributed by atoms with Crippen LogP contribution in [0.1, 0.15) is 67.1 Å². The van der Waals surface area contributed by atoms with Crippen molar-refractivity contribution in [2.24, 2.45) is 5.73 Å². The Kier molecular flexibility index (Phi) is 10.9. The maximum Gasteiger partial charge on any atom is 0.322 e. The lowest BCUT2D eigenvalue weighted by Gasteiger charge is -2.24. The molecule has 202 valence electrons. The predicted molar refractivity (Wildman–Crippen MR) is 145 cm³/mol. The van der Waals surface area contributed by atoms with Crippen molar-refractivity contribution in [1.29, 1.82) is 0 Å². The van der Waals surface area contributed by atoms with Crippen molar-refractivity contribution < 1.29 is 23.9 Å². The van der Waals surface area contributed by atoms with E-state index in [9.17, 15) is 19.2 Å². The van der Waals surface area contributed by atoms with E-state index >= 15 is 0 Å². The van der Waals surface area contributed by atoms with Crippen molar-refractivity contribution in [2.75, 3.05) is 14.2 Å². The van der Waals surface area contributed by atoms with Crippen LogP contribution in [0.5, 0.6) is 5.75 Å². The zero-order chi connectivity index (χ0) is 28.3. The minimum Gasteiger partial charge on any atom is -0.497 e. The largest absolute Gasteiger partial charge is 0.497 e. The van der Waals surface area contributed by atoms with Gasteiger partial charge in [-0.05, 0) is 55.2 Å². The number of nitrogens with zero attached hydrogens (tertiary/aromatic N) is 1. The fraction of sp³-hybridized carbons (Fsp3) is 0.379. The number of amides is 5. The van der Waals surface area contributed by atoms with Gasteiger partial charge in [0.1, 0.15) is 5.75 Å². The van der Waals surface area contributed by atoms with Gasteiger partial charge in [0.05, 0.1) is 18.6 Å². The molecular weight excluding hydrogens is 484 g/mol. The average Bonchev–Trinajstić information content (AvgIpc) is 3.20. The first-order valence-electron chi connectivity index (χ1n) is 12.4. The van der Waals surface area contributed by atoms with Crippen LogP contribution in [0.3, 0.4) is 0 Å². The number of fused-ring (bicyclic) bond motifs is 1. The average molecular weight is 521 g/mol. The molecule has 0 saturated carbocycles. The molecule has 38 heavy (non-hydrogen) atoms. The number of imide groups is 1. The second-order valence-electron chi connectivity index (χ2n) is 9.16. The Balaban J connectivity index is 0.000000323. The number of methoxy groups -OCH3 is 1. The smallest absolute Gasteiger partial charge is 0.322 e. The number of urea groups is 1. The van der Waals surface area contributed by atoms with Gasteiger partial charge >= 0.3 is 6.03 Å². The molecule has 1 aliphatic heterocycles. The number of rotatable bonds is 8. The van der Waals surface area contributed by atoms with E-state index in [0.717, 1.165) is 34.4 Å². The Bertz CT molecular complexity index is 1220. The molecule has 0 fully saturated rings. The molecule has 1 heterocycles. The summed E-state index contributed by atoms with van der Waals surface area (Å²) in [5, 5.41) is 4.66. The minimum absolute atomic E-state index is 0.0777. The minimum atomic E-state index is -0.703. The monoisotopic (exact) mass is 520 g/mol. The van der Waals surface area contributed by atoms with Crippen LogP contribution in [-0.2, 0) is 21.5 Å². The third-order valence-corrected chi connectivity index (χ3v) is 6.54. The zero-order valence-electron chi connectivity index (χ0n) is 22.6. The number of nitrogens with one attached hydrogen (secondary N) is 2. The molecule has 9 heteroatoms. The number of carbonyl (C=O) groups excluding carboxylic acids is 4. The van der Waals surface area contributed by atoms with Gasteiger partial charge in [-0.1, -0.05) is 50.3 Å². The van der Waals surface area contributed by atoms with Crippen molar-refractivity contribution in [1.82, 2.24) is 15.5 Å². The molecule has 2 unspecified atom stereocenters. The van der Waals surface area contributed by atoms with Gasteiger partial charge in [0.15, 0.2) is 0 Å². The zero-order valence-corrected chi connectivity index (χ0v) is 22.6. The first-order valence-corrected chi connectivity index (χ1v) is 12.4. The number of hydrogen-bond acceptors (Lipinski definition) is 5. The van der Waals surface area contributed by atoms with E-state index in [1.807, 2.05) is 62.5 Å². The van der Waals surface area contributed by atoms with Gasteiger partial charge in [-0.15, -0.1) is 0 Å². The van der Waals surface area contributed by atoms with E-state index < -0.39 is 11.4 Å². The molecule has 5 amide bonds. The molecule has 1 aliphatic rings. The summed E-state index contributed by atoms with van der Waals surface area (Å²) in [6.07, 6.45) is 2.45. The second kappa shape index (κ2) is 13.8. The molecule has 9 nitrogen and oxygen atoms in total. The van der Waals surface area contributed by atoms with E-state index in [1.165, 1.54) is 0 Å². The topological polar surface area (TPSA) is 131 Å². The molecular formula is C29H36N4O5. The standard InChI is InChI=1S/C19H25N3O3.C10H11NO2/c1-4-6-16(22-18(25)21-13-23)12-9-14-7-10-15(11-8-14)19(3,5-2)17(20)24;1-11-6-7-3-4-8(13-2)5-9(7)10(11)12/h7-8,10-11,13,16H,4-6H2,1-3H3,(H2,20,24)(H2,21,22,23,25);3-5H,6H2,1-2H3. The predicted octanol–water partition coefficient (Wildman–Crippen LogP) is 3.10. The van der Waals surface area contributed by atoms with Crippen LogP contribution >= 0.6 is 0 Å². The Morgan fingerprint density at radius 3 is 2.45 bits per heavy atom. The lowest BCUT2D eigenvalue weighted by Crippen LogP contribution is -2.40. The van der Waals surface area contributed by atoms with Gasteiger partial charge in [0.2, 0.25) is 12.3 Å². The van der Waals surface area contributed by atoms with E-state index in [-0.39, 0.29) is 17.9 Å². The number of hydrogen-bond donors (Lipinski definition) is 3. The van der Waals surface area contributed by atoms with E-state index in [1.54, 1.807) is 25.1 Å². The molecule has 0 spiro atoms. The van der Waals surface area contributed by atoms with Crippen LogP contribution in [0.4, 0.5) is 4.79 Å². The first-order chi connectivity index (χ1) is 18.1. The van der Waals surface area contributed by atoms with Crippen LogP contribution < -0.4 is 21.1 Å². The first kappa shape index (κ1) is 29.9. The molecule has 4 N–H and O–H groups in total. The highest BCUT2D eigenvalue weighted by Gasteiger charge is 2.30. The van der Waals surface area contributed by atoms with Gasteiger partial charge in [-0.3, -0.25) is 19.7 Å². The summed E-state index contributed by atoms with van der Waals surface area (Å²) >= 11 is 0. The Hall–Kier alpha value is -4.32. The van der Waals surface area contributed by atoms with E-state index in [4.69, 9.17) is 10.5 Å². The van der Waals surface area contributed by atoms with Crippen molar-refractivity contribution in [3.05, 3.63) is 64.7 Å². The Labute approximate surface area is 224 Å². The number of carbonyl (C=O) groups is 4. The van der Waals surface area contributed by atoms with Crippen molar-refractivity contribution in [2.45, 2.75) is 58.0 Å². The van der Waals surface area contributed by atoms with Crippen LogP contribution in [-0.4, -0.2) is 49.4 Å². The molecule has 0 bridgehead atoms. The molecule has 0 saturated heterocycles. The summed E-state index contributed by atoms with van der Waals surface area (Å²) in [6, 6.07) is 12.0. The SMILES string of the molecule is CCCC(C#Cc1ccc(C(C)(CC)C(N)=O)cc1)NC(=O)NC=O.COc1ccc2c(c1)C(=O)N(C)C2. The molecule has 2 aromatic rings. The fourth-order valence-electron chi connectivity index (χ4n) is 3.89. The number of ether oxygens (including phenoxy) is 1. The third-order valence-electron chi connectivity index (χ3n) is 6.54. The normalized spacial score (nSPS) is 13.9. The van der Waals surface area contributed by atoms with Gasteiger partial charge in [0.25, 0.3) is 5.91 Å². The van der Waals surface area contributed by atoms with E-state index in [0.29, 0.717) is 25.8 Å². The fourth-order valence-corrected chi connectivity index (χ4v) is 3.89. The van der Waals surface area contributed by atoms with Crippen LogP contribution in [0.2, 0.25) is 0 Å². The quantitative estimate of drug-likeness (QED) is 0.364. The molecule has 2 aromatic carbocycles. The molecule has 3 rings (SSSR count). The highest BCUT2D eigenvalue weighted by atomic mass is 16.5. The van der Waals surface area contributed by atoms with Crippen molar-refractivity contribution >= 4 is 24.3 Å². The third kappa shape index (κ3) is 7.59. The molecule has 2 atom stereocenters. The summed E-state index contributed by atoms with van der Waals surface area (Å²) in [5.74, 6) is 6.45. The number of primary amides is 1. The summed E-state index contributed by atoms with van der Waals surface area (Å²) in [4.78, 5) is 46.6. The van der Waals surface area contributed by atoms with Gasteiger partial charge in [0, 0.05) is 24.7 Å². The lowest BCUT2D eigenvalue weighted by molar-refractivity contribution is -0.123. The van der Waals surface area contributed by atoms with Crippen LogP contribution in [0, 0.1) is 11.8 Å².